The SMILES string of the molecule is Cc1cccc([C@H]2CN(C(CC3CC3)C(=O)O)C[C@@H]2CN2CCC(CCC(F)(F)c3nccs3)CC2)c1. The maximum atomic E-state index is 14.5. The number of piperidine rings is 1. The monoisotopic (exact) mass is 531 g/mol. The fourth-order valence-corrected chi connectivity index (χ4v) is 7.03. The van der Waals surface area contributed by atoms with Gasteiger partial charge in [-0.2, -0.15) is 8.78 Å². The van der Waals surface area contributed by atoms with Crippen molar-refractivity contribution in [1.82, 2.24) is 14.8 Å². The predicted molar refractivity (Wildman–Crippen MR) is 142 cm³/mol. The Bertz CT molecular complexity index is 1040. The van der Waals surface area contributed by atoms with Gasteiger partial charge < -0.3 is 10.0 Å². The number of carbonyl (C=O) groups is 1. The Morgan fingerprint density at radius 2 is 1.97 bits per heavy atom. The molecule has 1 aromatic heterocycles. The van der Waals surface area contributed by atoms with Gasteiger partial charge in [0.2, 0.25) is 0 Å². The molecule has 3 atom stereocenters. The van der Waals surface area contributed by atoms with Gasteiger partial charge in [0, 0.05) is 43.5 Å². The first-order valence-corrected chi connectivity index (χ1v) is 14.7. The molecule has 202 valence electrons. The quantitative estimate of drug-likeness (QED) is 0.385. The molecule has 37 heavy (non-hydrogen) atoms. The molecule has 5 rings (SSSR count). The molecular weight excluding hydrogens is 492 g/mol. The molecule has 0 amide bonds. The topological polar surface area (TPSA) is 56.7 Å². The van der Waals surface area contributed by atoms with Crippen LogP contribution >= 0.6 is 11.3 Å². The number of aliphatic carboxylic acids is 1. The van der Waals surface area contributed by atoms with Crippen LogP contribution in [-0.2, 0) is 10.7 Å². The third kappa shape index (κ3) is 6.76. The minimum atomic E-state index is -2.83. The standard InChI is InChI=1S/C29H39F2N3O2S/c1-20-3-2-4-23(15-20)25-19-34(26(27(35)36)16-22-5-6-22)18-24(25)17-33-12-8-21(9-13-33)7-10-29(30,31)28-32-11-14-37-28/h2-4,11,14-15,21-22,24-26H,5-10,12-13,16-19H2,1H3,(H,35,36)/t24-,25+,26?/m0/s1. The van der Waals surface area contributed by atoms with Crippen molar-refractivity contribution in [2.24, 2.45) is 17.8 Å². The smallest absolute Gasteiger partial charge is 0.320 e. The van der Waals surface area contributed by atoms with E-state index in [1.54, 1.807) is 5.38 Å². The van der Waals surface area contributed by atoms with Crippen molar-refractivity contribution < 1.29 is 18.7 Å². The van der Waals surface area contributed by atoms with Gasteiger partial charge in [-0.1, -0.05) is 42.7 Å². The number of likely N-dealkylation sites (tertiary alicyclic amines) is 2. The van der Waals surface area contributed by atoms with Crippen molar-refractivity contribution in [3.63, 3.8) is 0 Å². The first-order chi connectivity index (χ1) is 17.8. The van der Waals surface area contributed by atoms with Crippen molar-refractivity contribution in [3.8, 4) is 0 Å². The fraction of sp³-hybridized carbons (Fsp3) is 0.655. The summed E-state index contributed by atoms with van der Waals surface area (Å²) >= 11 is 1.03. The van der Waals surface area contributed by atoms with Crippen LogP contribution in [-0.4, -0.2) is 64.6 Å². The van der Waals surface area contributed by atoms with Gasteiger partial charge in [0.15, 0.2) is 5.01 Å². The number of thiazole rings is 1. The molecule has 1 saturated carbocycles. The highest BCUT2D eigenvalue weighted by Crippen LogP contribution is 2.40. The minimum absolute atomic E-state index is 0.0701. The molecule has 3 fully saturated rings. The van der Waals surface area contributed by atoms with E-state index in [9.17, 15) is 18.7 Å². The van der Waals surface area contributed by atoms with E-state index >= 15 is 0 Å². The summed E-state index contributed by atoms with van der Waals surface area (Å²) in [7, 11) is 0. The van der Waals surface area contributed by atoms with Gasteiger partial charge in [0.1, 0.15) is 6.04 Å². The molecule has 1 aromatic carbocycles. The third-order valence-electron chi connectivity index (χ3n) is 8.73. The second-order valence-corrected chi connectivity index (χ2v) is 12.5. The average Bonchev–Trinajstić information content (AvgIpc) is 3.34. The van der Waals surface area contributed by atoms with E-state index in [-0.39, 0.29) is 11.4 Å². The van der Waals surface area contributed by atoms with Crippen LogP contribution in [0.2, 0.25) is 0 Å². The molecule has 3 heterocycles. The Morgan fingerprint density at radius 1 is 1.19 bits per heavy atom. The fourth-order valence-electron chi connectivity index (χ4n) is 6.38. The Morgan fingerprint density at radius 3 is 2.62 bits per heavy atom. The lowest BCUT2D eigenvalue weighted by Crippen LogP contribution is -2.42. The van der Waals surface area contributed by atoms with E-state index in [4.69, 9.17) is 0 Å². The number of aromatic nitrogens is 1. The lowest BCUT2D eigenvalue weighted by Gasteiger charge is -2.35. The zero-order valence-electron chi connectivity index (χ0n) is 21.7. The lowest BCUT2D eigenvalue weighted by molar-refractivity contribution is -0.143. The number of rotatable bonds is 11. The van der Waals surface area contributed by atoms with Crippen molar-refractivity contribution in [2.45, 2.75) is 69.8 Å². The number of aryl methyl sites for hydroxylation is 1. The Kier molecular flexibility index (Phi) is 8.27. The van der Waals surface area contributed by atoms with Crippen LogP contribution in [0.5, 0.6) is 0 Å². The van der Waals surface area contributed by atoms with Gasteiger partial charge in [-0.25, -0.2) is 4.98 Å². The molecule has 0 radical (unpaired) electrons. The molecule has 3 aliphatic rings. The molecule has 1 aliphatic carbocycles. The van der Waals surface area contributed by atoms with Gasteiger partial charge in [-0.05, 0) is 69.0 Å². The van der Waals surface area contributed by atoms with Crippen LogP contribution in [0.25, 0.3) is 0 Å². The van der Waals surface area contributed by atoms with Crippen LogP contribution in [0.4, 0.5) is 8.78 Å². The summed E-state index contributed by atoms with van der Waals surface area (Å²) in [6.45, 7) is 6.50. The van der Waals surface area contributed by atoms with Gasteiger partial charge in [-0.3, -0.25) is 9.69 Å². The first-order valence-electron chi connectivity index (χ1n) is 13.8. The van der Waals surface area contributed by atoms with E-state index < -0.39 is 17.9 Å². The van der Waals surface area contributed by atoms with Crippen molar-refractivity contribution in [1.29, 1.82) is 0 Å². The number of benzene rings is 1. The molecule has 2 aliphatic heterocycles. The summed E-state index contributed by atoms with van der Waals surface area (Å²) in [6, 6.07) is 8.28. The highest BCUT2D eigenvalue weighted by Gasteiger charge is 2.42. The molecule has 2 saturated heterocycles. The summed E-state index contributed by atoms with van der Waals surface area (Å²) in [5.41, 5.74) is 2.54. The Labute approximate surface area is 222 Å². The molecule has 2 aromatic rings. The molecule has 5 nitrogen and oxygen atoms in total. The van der Waals surface area contributed by atoms with E-state index in [0.29, 0.717) is 30.1 Å². The molecule has 1 N–H and O–H groups in total. The number of nitrogens with zero attached hydrogens (tertiary/aromatic N) is 3. The number of carboxylic acid groups (broad SMARTS) is 1. The van der Waals surface area contributed by atoms with Crippen LogP contribution in [0, 0.1) is 24.7 Å². The van der Waals surface area contributed by atoms with Crippen molar-refractivity contribution in [3.05, 3.63) is 52.0 Å². The summed E-state index contributed by atoms with van der Waals surface area (Å²) in [6.07, 6.45) is 6.82. The van der Waals surface area contributed by atoms with Gasteiger partial charge in [0.05, 0.1) is 0 Å². The number of carboxylic acids is 1. The van der Waals surface area contributed by atoms with Gasteiger partial charge in [-0.15, -0.1) is 11.3 Å². The maximum Gasteiger partial charge on any atom is 0.320 e. The highest BCUT2D eigenvalue weighted by atomic mass is 32.1. The van der Waals surface area contributed by atoms with Crippen molar-refractivity contribution in [2.75, 3.05) is 32.7 Å². The highest BCUT2D eigenvalue weighted by molar-refractivity contribution is 7.09. The number of alkyl halides is 2. The van der Waals surface area contributed by atoms with Gasteiger partial charge in [0.25, 0.3) is 5.92 Å². The maximum absolute atomic E-state index is 14.5. The van der Waals surface area contributed by atoms with Gasteiger partial charge >= 0.3 is 5.97 Å². The molecule has 0 spiro atoms. The number of halogens is 2. The Hall–Kier alpha value is -1.90. The molecule has 0 bridgehead atoms. The van der Waals surface area contributed by atoms with Crippen LogP contribution in [0.3, 0.4) is 0 Å². The summed E-state index contributed by atoms with van der Waals surface area (Å²) in [4.78, 5) is 20.7. The molecule has 8 heteroatoms. The normalized spacial score (nSPS) is 24.9. The first kappa shape index (κ1) is 26.7. The lowest BCUT2D eigenvalue weighted by atomic mass is 9.86. The van der Waals surface area contributed by atoms with E-state index in [0.717, 1.165) is 76.2 Å². The Balaban J connectivity index is 1.19. The summed E-state index contributed by atoms with van der Waals surface area (Å²) in [5, 5.41) is 11.5. The summed E-state index contributed by atoms with van der Waals surface area (Å²) < 4.78 is 28.9. The molecule has 1 unspecified atom stereocenters. The average molecular weight is 532 g/mol. The van der Waals surface area contributed by atoms with E-state index in [1.165, 1.54) is 17.3 Å². The zero-order chi connectivity index (χ0) is 26.0. The summed E-state index contributed by atoms with van der Waals surface area (Å²) in [5.74, 6) is -1.94. The van der Waals surface area contributed by atoms with Crippen LogP contribution in [0.1, 0.15) is 67.0 Å². The zero-order valence-corrected chi connectivity index (χ0v) is 22.5. The second kappa shape index (κ2) is 11.5. The largest absolute Gasteiger partial charge is 0.480 e. The number of hydrogen-bond donors (Lipinski definition) is 1. The van der Waals surface area contributed by atoms with E-state index in [2.05, 4.69) is 46.0 Å². The minimum Gasteiger partial charge on any atom is -0.480 e. The predicted octanol–water partition coefficient (Wildman–Crippen LogP) is 6.00. The van der Waals surface area contributed by atoms with E-state index in [1.807, 2.05) is 0 Å². The van der Waals surface area contributed by atoms with Crippen LogP contribution < -0.4 is 0 Å². The van der Waals surface area contributed by atoms with Crippen LogP contribution in [0.15, 0.2) is 35.8 Å². The second-order valence-electron chi connectivity index (χ2n) is 11.6. The number of hydrogen-bond acceptors (Lipinski definition) is 5. The molecular formula is C29H39F2N3O2S. The third-order valence-corrected chi connectivity index (χ3v) is 9.62. The van der Waals surface area contributed by atoms with Crippen molar-refractivity contribution >= 4 is 17.3 Å².